The minimum atomic E-state index is -0.534. The molecule has 0 radical (unpaired) electrons. The molecule has 0 N–H and O–H groups in total. The molecule has 0 saturated heterocycles. The number of para-hydroxylation sites is 1. The fourth-order valence-corrected chi connectivity index (χ4v) is 1.99. The standard InChI is InChI=1S/C15H11ClO5/c16-11-3-1-2-4-12(11)18-8-15(17)21-10-5-6-13-14(7-10)20-9-19-13/h1-7H,8-9H2. The normalized spacial score (nSPS) is 12.0. The van der Waals surface area contributed by atoms with Crippen molar-refractivity contribution in [3.8, 4) is 23.0 Å². The summed E-state index contributed by atoms with van der Waals surface area (Å²) in [5.74, 6) is 1.44. The van der Waals surface area contributed by atoms with Crippen LogP contribution in [0.2, 0.25) is 5.02 Å². The first kappa shape index (κ1) is 13.6. The summed E-state index contributed by atoms with van der Waals surface area (Å²) in [7, 11) is 0. The summed E-state index contributed by atoms with van der Waals surface area (Å²) in [6.07, 6.45) is 0. The second-order valence-corrected chi connectivity index (χ2v) is 4.62. The predicted molar refractivity (Wildman–Crippen MR) is 75.1 cm³/mol. The van der Waals surface area contributed by atoms with Crippen LogP contribution in [0.5, 0.6) is 23.0 Å². The summed E-state index contributed by atoms with van der Waals surface area (Å²) >= 11 is 5.92. The van der Waals surface area contributed by atoms with Gasteiger partial charge in [0, 0.05) is 6.07 Å². The van der Waals surface area contributed by atoms with Gasteiger partial charge in [-0.25, -0.2) is 4.79 Å². The van der Waals surface area contributed by atoms with Gasteiger partial charge in [0.25, 0.3) is 0 Å². The van der Waals surface area contributed by atoms with Crippen molar-refractivity contribution in [3.05, 3.63) is 47.5 Å². The van der Waals surface area contributed by atoms with E-state index in [0.29, 0.717) is 28.0 Å². The smallest absolute Gasteiger partial charge is 0.349 e. The lowest BCUT2D eigenvalue weighted by Crippen LogP contribution is -2.17. The first-order chi connectivity index (χ1) is 10.2. The third-order valence-corrected chi connectivity index (χ3v) is 3.07. The molecule has 0 amide bonds. The Labute approximate surface area is 125 Å². The zero-order chi connectivity index (χ0) is 14.7. The molecular formula is C15H11ClO5. The molecule has 5 nitrogen and oxygen atoms in total. The van der Waals surface area contributed by atoms with Crippen LogP contribution in [0.1, 0.15) is 0 Å². The lowest BCUT2D eigenvalue weighted by Gasteiger charge is -2.08. The maximum Gasteiger partial charge on any atom is 0.349 e. The van der Waals surface area contributed by atoms with Crippen LogP contribution >= 0.6 is 11.6 Å². The van der Waals surface area contributed by atoms with Gasteiger partial charge in [0.05, 0.1) is 5.02 Å². The Bertz CT molecular complexity index is 671. The highest BCUT2D eigenvalue weighted by Crippen LogP contribution is 2.35. The minimum Gasteiger partial charge on any atom is -0.480 e. The zero-order valence-corrected chi connectivity index (χ0v) is 11.6. The first-order valence-corrected chi connectivity index (χ1v) is 6.58. The van der Waals surface area contributed by atoms with Crippen LogP contribution in [0.3, 0.4) is 0 Å². The van der Waals surface area contributed by atoms with Crippen molar-refractivity contribution in [2.75, 3.05) is 13.4 Å². The summed E-state index contributed by atoms with van der Waals surface area (Å²) in [6, 6.07) is 11.8. The quantitative estimate of drug-likeness (QED) is 0.642. The highest BCUT2D eigenvalue weighted by atomic mass is 35.5. The van der Waals surface area contributed by atoms with E-state index in [1.165, 1.54) is 0 Å². The Morgan fingerprint density at radius 3 is 2.81 bits per heavy atom. The second-order valence-electron chi connectivity index (χ2n) is 4.21. The number of hydrogen-bond donors (Lipinski definition) is 0. The predicted octanol–water partition coefficient (Wildman–Crippen LogP) is 3.05. The van der Waals surface area contributed by atoms with Crippen LogP contribution in [0.25, 0.3) is 0 Å². The van der Waals surface area contributed by atoms with Crippen molar-refractivity contribution < 1.29 is 23.7 Å². The molecule has 21 heavy (non-hydrogen) atoms. The number of esters is 1. The van der Waals surface area contributed by atoms with Crippen molar-refractivity contribution in [2.45, 2.75) is 0 Å². The Morgan fingerprint density at radius 1 is 1.14 bits per heavy atom. The van der Waals surface area contributed by atoms with Crippen LogP contribution < -0.4 is 18.9 Å². The van der Waals surface area contributed by atoms with Crippen molar-refractivity contribution in [3.63, 3.8) is 0 Å². The molecule has 0 bridgehead atoms. The maximum absolute atomic E-state index is 11.7. The van der Waals surface area contributed by atoms with E-state index in [0.717, 1.165) is 0 Å². The van der Waals surface area contributed by atoms with Gasteiger partial charge in [-0.05, 0) is 24.3 Å². The molecule has 0 fully saturated rings. The highest BCUT2D eigenvalue weighted by Gasteiger charge is 2.15. The van der Waals surface area contributed by atoms with Crippen LogP contribution in [0.4, 0.5) is 0 Å². The average Bonchev–Trinajstić information content (AvgIpc) is 2.94. The summed E-state index contributed by atoms with van der Waals surface area (Å²) in [6.45, 7) is -0.0689. The number of hydrogen-bond acceptors (Lipinski definition) is 5. The molecule has 0 aliphatic carbocycles. The molecule has 108 valence electrons. The van der Waals surface area contributed by atoms with E-state index < -0.39 is 5.97 Å². The Balaban J connectivity index is 1.58. The SMILES string of the molecule is O=C(COc1ccccc1Cl)Oc1ccc2c(c1)OCO2. The average molecular weight is 307 g/mol. The van der Waals surface area contributed by atoms with Crippen LogP contribution in [-0.2, 0) is 4.79 Å². The number of carbonyl (C=O) groups excluding carboxylic acids is 1. The third-order valence-electron chi connectivity index (χ3n) is 2.76. The molecule has 3 rings (SSSR count). The van der Waals surface area contributed by atoms with Crippen LogP contribution in [0.15, 0.2) is 42.5 Å². The summed E-state index contributed by atoms with van der Waals surface area (Å²) in [5.41, 5.74) is 0. The van der Waals surface area contributed by atoms with Crippen LogP contribution in [-0.4, -0.2) is 19.4 Å². The lowest BCUT2D eigenvalue weighted by molar-refractivity contribution is -0.136. The monoisotopic (exact) mass is 306 g/mol. The second kappa shape index (κ2) is 5.93. The van der Waals surface area contributed by atoms with E-state index in [1.807, 2.05) is 0 Å². The molecule has 0 unspecified atom stereocenters. The topological polar surface area (TPSA) is 54.0 Å². The molecule has 2 aromatic carbocycles. The molecule has 1 aliphatic rings. The number of benzene rings is 2. The van der Waals surface area contributed by atoms with E-state index in [4.69, 9.17) is 30.5 Å². The highest BCUT2D eigenvalue weighted by molar-refractivity contribution is 6.32. The Morgan fingerprint density at radius 2 is 1.95 bits per heavy atom. The van der Waals surface area contributed by atoms with Gasteiger partial charge < -0.3 is 18.9 Å². The van der Waals surface area contributed by atoms with E-state index in [-0.39, 0.29) is 13.4 Å². The zero-order valence-electron chi connectivity index (χ0n) is 10.9. The summed E-state index contributed by atoms with van der Waals surface area (Å²) < 4.78 is 20.8. The fraction of sp³-hybridized carbons (Fsp3) is 0.133. The van der Waals surface area contributed by atoms with Gasteiger partial charge in [-0.3, -0.25) is 0 Å². The molecule has 6 heteroatoms. The minimum absolute atomic E-state index is 0.169. The molecular weight excluding hydrogens is 296 g/mol. The van der Waals surface area contributed by atoms with Gasteiger partial charge in [0.2, 0.25) is 6.79 Å². The number of ether oxygens (including phenoxy) is 4. The molecule has 0 aromatic heterocycles. The van der Waals surface area contributed by atoms with Crippen LogP contribution in [0, 0.1) is 0 Å². The molecule has 0 saturated carbocycles. The molecule has 2 aromatic rings. The maximum atomic E-state index is 11.7. The van der Waals surface area contributed by atoms with Gasteiger partial charge in [-0.15, -0.1) is 0 Å². The van der Waals surface area contributed by atoms with Gasteiger partial charge in [0.1, 0.15) is 11.5 Å². The van der Waals surface area contributed by atoms with Gasteiger partial charge in [-0.2, -0.15) is 0 Å². The number of carbonyl (C=O) groups is 1. The Hall–Kier alpha value is -2.40. The molecule has 0 spiro atoms. The number of fused-ring (bicyclic) bond motifs is 1. The number of halogens is 1. The van der Waals surface area contributed by atoms with E-state index in [1.54, 1.807) is 42.5 Å². The van der Waals surface area contributed by atoms with Crippen molar-refractivity contribution in [1.82, 2.24) is 0 Å². The first-order valence-electron chi connectivity index (χ1n) is 6.20. The fourth-order valence-electron chi connectivity index (χ4n) is 1.80. The molecule has 1 heterocycles. The van der Waals surface area contributed by atoms with Crippen molar-refractivity contribution >= 4 is 17.6 Å². The van der Waals surface area contributed by atoms with Gasteiger partial charge in [0.15, 0.2) is 18.1 Å². The van der Waals surface area contributed by atoms with E-state index in [2.05, 4.69) is 0 Å². The number of rotatable bonds is 4. The molecule has 0 atom stereocenters. The largest absolute Gasteiger partial charge is 0.480 e. The van der Waals surface area contributed by atoms with Gasteiger partial charge in [-0.1, -0.05) is 23.7 Å². The van der Waals surface area contributed by atoms with E-state index >= 15 is 0 Å². The van der Waals surface area contributed by atoms with Crippen molar-refractivity contribution in [1.29, 1.82) is 0 Å². The van der Waals surface area contributed by atoms with Crippen molar-refractivity contribution in [2.24, 2.45) is 0 Å². The van der Waals surface area contributed by atoms with E-state index in [9.17, 15) is 4.79 Å². The third kappa shape index (κ3) is 3.20. The summed E-state index contributed by atoms with van der Waals surface area (Å²) in [4.78, 5) is 11.7. The van der Waals surface area contributed by atoms with Gasteiger partial charge >= 0.3 is 5.97 Å². The Kier molecular flexibility index (Phi) is 3.83. The summed E-state index contributed by atoms with van der Waals surface area (Å²) in [5, 5.41) is 0.438. The molecule has 1 aliphatic heterocycles. The lowest BCUT2D eigenvalue weighted by atomic mass is 10.3.